The van der Waals surface area contributed by atoms with Gasteiger partial charge in [0, 0.05) is 29.5 Å². The Morgan fingerprint density at radius 1 is 1.08 bits per heavy atom. The second-order valence-corrected chi connectivity index (χ2v) is 6.94. The minimum Gasteiger partial charge on any atom is -0.351 e. The third kappa shape index (κ3) is 4.73. The number of benzene rings is 2. The lowest BCUT2D eigenvalue weighted by atomic mass is 10.2. The molecular weight excluding hydrogens is 330 g/mol. The van der Waals surface area contributed by atoms with Gasteiger partial charge in [-0.15, -0.1) is 11.8 Å². The summed E-state index contributed by atoms with van der Waals surface area (Å²) >= 11 is 1.55. The third-order valence-corrected chi connectivity index (χ3v) is 4.93. The van der Waals surface area contributed by atoms with Crippen LogP contribution in [0.4, 0.5) is 0 Å². The van der Waals surface area contributed by atoms with Crippen molar-refractivity contribution in [3.8, 4) is 5.69 Å². The maximum absolute atomic E-state index is 12.0. The molecule has 128 valence electrons. The van der Waals surface area contributed by atoms with Crippen molar-refractivity contribution in [1.29, 1.82) is 0 Å². The van der Waals surface area contributed by atoms with E-state index in [4.69, 9.17) is 0 Å². The number of imidazole rings is 1. The molecule has 4 nitrogen and oxygen atoms in total. The van der Waals surface area contributed by atoms with E-state index in [1.165, 1.54) is 5.56 Å². The van der Waals surface area contributed by atoms with Gasteiger partial charge < -0.3 is 9.88 Å². The Bertz CT molecular complexity index is 838. The van der Waals surface area contributed by atoms with Crippen molar-refractivity contribution < 1.29 is 4.79 Å². The number of aromatic nitrogens is 2. The van der Waals surface area contributed by atoms with E-state index in [0.717, 1.165) is 22.0 Å². The molecule has 0 radical (unpaired) electrons. The predicted octanol–water partition coefficient (Wildman–Crippen LogP) is 3.90. The standard InChI is InChI=1S/C20H21N3OS/c1-15-3-9-19(10-4-15)25-14-20(24)22-13-17-5-7-18(8-6-17)23-12-11-21-16(23)2/h3-12H,13-14H2,1-2H3,(H,22,24). The van der Waals surface area contributed by atoms with Crippen LogP contribution in [0.1, 0.15) is 17.0 Å². The fourth-order valence-corrected chi connectivity index (χ4v) is 3.19. The molecule has 3 aromatic rings. The van der Waals surface area contributed by atoms with Crippen molar-refractivity contribution in [2.45, 2.75) is 25.3 Å². The van der Waals surface area contributed by atoms with E-state index >= 15 is 0 Å². The van der Waals surface area contributed by atoms with Crippen molar-refractivity contribution in [2.75, 3.05) is 5.75 Å². The highest BCUT2D eigenvalue weighted by molar-refractivity contribution is 8.00. The first kappa shape index (κ1) is 17.3. The van der Waals surface area contributed by atoms with E-state index in [9.17, 15) is 4.79 Å². The Morgan fingerprint density at radius 3 is 2.44 bits per heavy atom. The zero-order valence-electron chi connectivity index (χ0n) is 14.4. The summed E-state index contributed by atoms with van der Waals surface area (Å²) in [5.41, 5.74) is 3.37. The third-order valence-electron chi connectivity index (χ3n) is 3.92. The van der Waals surface area contributed by atoms with Gasteiger partial charge in [-0.25, -0.2) is 4.98 Å². The molecule has 0 aliphatic heterocycles. The summed E-state index contributed by atoms with van der Waals surface area (Å²) in [6.45, 7) is 4.57. The summed E-state index contributed by atoms with van der Waals surface area (Å²) in [4.78, 5) is 17.4. The van der Waals surface area contributed by atoms with E-state index in [2.05, 4.69) is 29.4 Å². The first-order valence-corrected chi connectivity index (χ1v) is 9.16. The van der Waals surface area contributed by atoms with Gasteiger partial charge in [0.25, 0.3) is 0 Å². The van der Waals surface area contributed by atoms with Crippen LogP contribution in [-0.2, 0) is 11.3 Å². The first-order valence-electron chi connectivity index (χ1n) is 8.17. The van der Waals surface area contributed by atoms with Crippen molar-refractivity contribution in [3.63, 3.8) is 0 Å². The van der Waals surface area contributed by atoms with Crippen LogP contribution in [0, 0.1) is 13.8 Å². The van der Waals surface area contributed by atoms with Gasteiger partial charge in [0.15, 0.2) is 0 Å². The SMILES string of the molecule is Cc1ccc(SCC(=O)NCc2ccc(-n3ccnc3C)cc2)cc1. The van der Waals surface area contributed by atoms with Gasteiger partial charge in [-0.3, -0.25) is 4.79 Å². The van der Waals surface area contributed by atoms with Crippen LogP contribution in [0.3, 0.4) is 0 Å². The van der Waals surface area contributed by atoms with E-state index in [0.29, 0.717) is 12.3 Å². The molecule has 0 bridgehead atoms. The van der Waals surface area contributed by atoms with Crippen molar-refractivity contribution >= 4 is 17.7 Å². The summed E-state index contributed by atoms with van der Waals surface area (Å²) in [7, 11) is 0. The van der Waals surface area contributed by atoms with Crippen LogP contribution in [0.5, 0.6) is 0 Å². The zero-order valence-corrected chi connectivity index (χ0v) is 15.2. The lowest BCUT2D eigenvalue weighted by molar-refractivity contribution is -0.118. The van der Waals surface area contributed by atoms with Gasteiger partial charge in [-0.1, -0.05) is 29.8 Å². The summed E-state index contributed by atoms with van der Waals surface area (Å²) in [5.74, 6) is 1.42. The maximum atomic E-state index is 12.0. The normalized spacial score (nSPS) is 10.6. The molecule has 0 aliphatic rings. The van der Waals surface area contributed by atoms with E-state index in [-0.39, 0.29) is 5.91 Å². The average molecular weight is 351 g/mol. The Morgan fingerprint density at radius 2 is 1.80 bits per heavy atom. The number of carbonyl (C=O) groups excluding carboxylic acids is 1. The van der Waals surface area contributed by atoms with Gasteiger partial charge >= 0.3 is 0 Å². The molecule has 2 aromatic carbocycles. The molecule has 0 aliphatic carbocycles. The largest absolute Gasteiger partial charge is 0.351 e. The molecule has 1 amide bonds. The number of thioether (sulfide) groups is 1. The van der Waals surface area contributed by atoms with Gasteiger partial charge in [0.05, 0.1) is 5.75 Å². The highest BCUT2D eigenvalue weighted by Crippen LogP contribution is 2.18. The van der Waals surface area contributed by atoms with Crippen LogP contribution < -0.4 is 5.32 Å². The molecule has 0 saturated carbocycles. The Kier molecular flexibility index (Phi) is 5.56. The second-order valence-electron chi connectivity index (χ2n) is 5.89. The monoisotopic (exact) mass is 351 g/mol. The Balaban J connectivity index is 1.48. The molecule has 1 N–H and O–H groups in total. The Labute approximate surface area is 152 Å². The smallest absolute Gasteiger partial charge is 0.230 e. The second kappa shape index (κ2) is 8.03. The van der Waals surface area contributed by atoms with Crippen LogP contribution in [0.2, 0.25) is 0 Å². The van der Waals surface area contributed by atoms with Crippen LogP contribution >= 0.6 is 11.8 Å². The number of nitrogens with one attached hydrogen (secondary N) is 1. The van der Waals surface area contributed by atoms with Crippen molar-refractivity contribution in [3.05, 3.63) is 77.9 Å². The lowest BCUT2D eigenvalue weighted by Crippen LogP contribution is -2.24. The van der Waals surface area contributed by atoms with Crippen molar-refractivity contribution in [1.82, 2.24) is 14.9 Å². The fourth-order valence-electron chi connectivity index (χ4n) is 2.46. The molecule has 5 heteroatoms. The molecule has 0 fully saturated rings. The van der Waals surface area contributed by atoms with E-state index < -0.39 is 0 Å². The molecule has 25 heavy (non-hydrogen) atoms. The summed E-state index contributed by atoms with van der Waals surface area (Å²) < 4.78 is 2.03. The highest BCUT2D eigenvalue weighted by Gasteiger charge is 2.04. The quantitative estimate of drug-likeness (QED) is 0.685. The molecule has 0 atom stereocenters. The summed E-state index contributed by atoms with van der Waals surface area (Å²) in [5, 5.41) is 2.97. The van der Waals surface area contributed by atoms with Crippen LogP contribution in [0.15, 0.2) is 65.8 Å². The lowest BCUT2D eigenvalue weighted by Gasteiger charge is -2.08. The molecule has 0 saturated heterocycles. The van der Waals surface area contributed by atoms with Crippen LogP contribution in [-0.4, -0.2) is 21.2 Å². The first-order chi connectivity index (χ1) is 12.1. The minimum atomic E-state index is 0.0418. The molecule has 1 aromatic heterocycles. The Hall–Kier alpha value is -2.53. The van der Waals surface area contributed by atoms with E-state index in [1.54, 1.807) is 18.0 Å². The van der Waals surface area contributed by atoms with Gasteiger partial charge in [0.2, 0.25) is 5.91 Å². The molecule has 0 spiro atoms. The average Bonchev–Trinajstić information content (AvgIpc) is 3.06. The minimum absolute atomic E-state index is 0.0418. The summed E-state index contributed by atoms with van der Waals surface area (Å²) in [6, 6.07) is 16.3. The number of hydrogen-bond acceptors (Lipinski definition) is 3. The zero-order chi connectivity index (χ0) is 17.6. The number of carbonyl (C=O) groups is 1. The predicted molar refractivity (Wildman–Crippen MR) is 102 cm³/mol. The van der Waals surface area contributed by atoms with Gasteiger partial charge in [0.1, 0.15) is 5.82 Å². The topological polar surface area (TPSA) is 46.9 Å². The number of aryl methyl sites for hydroxylation is 2. The van der Waals surface area contributed by atoms with E-state index in [1.807, 2.05) is 54.1 Å². The van der Waals surface area contributed by atoms with Gasteiger partial charge in [-0.05, 0) is 43.7 Å². The number of rotatable bonds is 6. The molecule has 3 rings (SSSR count). The van der Waals surface area contributed by atoms with Gasteiger partial charge in [-0.2, -0.15) is 0 Å². The van der Waals surface area contributed by atoms with Crippen molar-refractivity contribution in [2.24, 2.45) is 0 Å². The number of nitrogens with zero attached hydrogens (tertiary/aromatic N) is 2. The maximum Gasteiger partial charge on any atom is 0.230 e. The summed E-state index contributed by atoms with van der Waals surface area (Å²) in [6.07, 6.45) is 3.73. The van der Waals surface area contributed by atoms with Crippen LogP contribution in [0.25, 0.3) is 5.69 Å². The highest BCUT2D eigenvalue weighted by atomic mass is 32.2. The molecular formula is C20H21N3OS. The fraction of sp³-hybridized carbons (Fsp3) is 0.200. The molecule has 1 heterocycles. The molecule has 0 unspecified atom stereocenters. The number of amides is 1. The number of hydrogen-bond donors (Lipinski definition) is 1.